The van der Waals surface area contributed by atoms with Gasteiger partial charge in [0.2, 0.25) is 11.8 Å². The molecular formula is C16H22N2O4. The Morgan fingerprint density at radius 3 is 2.45 bits per heavy atom. The molecule has 0 spiro atoms. The molecule has 0 saturated heterocycles. The summed E-state index contributed by atoms with van der Waals surface area (Å²) in [6.07, 6.45) is 0. The van der Waals surface area contributed by atoms with E-state index in [1.807, 2.05) is 32.0 Å². The Balaban J connectivity index is 2.12. The molecule has 1 heterocycles. The van der Waals surface area contributed by atoms with Gasteiger partial charge in [-0.3, -0.25) is 9.59 Å². The maximum atomic E-state index is 12.4. The number of hydrogen-bond acceptors (Lipinski definition) is 4. The van der Waals surface area contributed by atoms with Gasteiger partial charge in [0, 0.05) is 14.1 Å². The molecule has 0 unspecified atom stereocenters. The molecule has 0 aliphatic carbocycles. The zero-order valence-electron chi connectivity index (χ0n) is 13.4. The van der Waals surface area contributed by atoms with Crippen molar-refractivity contribution >= 4 is 11.8 Å². The van der Waals surface area contributed by atoms with Gasteiger partial charge in [-0.05, 0) is 31.5 Å². The fourth-order valence-corrected chi connectivity index (χ4v) is 2.10. The summed E-state index contributed by atoms with van der Waals surface area (Å²) in [6.45, 7) is 4.64. The van der Waals surface area contributed by atoms with Crippen LogP contribution in [0.3, 0.4) is 0 Å². The topological polar surface area (TPSA) is 67.9 Å². The summed E-state index contributed by atoms with van der Waals surface area (Å²) in [4.78, 5) is 25.4. The van der Waals surface area contributed by atoms with Gasteiger partial charge in [0.05, 0.1) is 12.0 Å². The number of carbonyl (C=O) groups is 2. The number of nitrogens with zero attached hydrogens (tertiary/aromatic N) is 1. The highest BCUT2D eigenvalue weighted by atomic mass is 16.6. The van der Waals surface area contributed by atoms with Gasteiger partial charge in [0.15, 0.2) is 11.5 Å². The summed E-state index contributed by atoms with van der Waals surface area (Å²) in [5.74, 6) is 0.980. The molecule has 2 rings (SSSR count). The first-order chi connectivity index (χ1) is 10.3. The first kappa shape index (κ1) is 16.1. The third kappa shape index (κ3) is 3.32. The van der Waals surface area contributed by atoms with E-state index in [2.05, 4.69) is 5.32 Å². The number of benzene rings is 1. The maximum absolute atomic E-state index is 12.4. The van der Waals surface area contributed by atoms with Crippen LogP contribution in [0, 0.1) is 0 Å². The molecule has 2 amide bonds. The van der Waals surface area contributed by atoms with E-state index >= 15 is 0 Å². The summed E-state index contributed by atoms with van der Waals surface area (Å²) in [7, 11) is 3.31. The zero-order valence-corrected chi connectivity index (χ0v) is 13.4. The molecule has 6 nitrogen and oxygen atoms in total. The van der Waals surface area contributed by atoms with Crippen LogP contribution < -0.4 is 14.8 Å². The molecule has 1 aliphatic heterocycles. The van der Waals surface area contributed by atoms with Crippen LogP contribution in [0.5, 0.6) is 11.5 Å². The Morgan fingerprint density at radius 1 is 1.18 bits per heavy atom. The van der Waals surface area contributed by atoms with E-state index in [0.717, 1.165) is 5.56 Å². The van der Waals surface area contributed by atoms with Crippen LogP contribution in [-0.4, -0.2) is 50.6 Å². The van der Waals surface area contributed by atoms with Gasteiger partial charge in [-0.1, -0.05) is 6.07 Å². The molecule has 0 aromatic heterocycles. The highest BCUT2D eigenvalue weighted by molar-refractivity contribution is 5.91. The smallest absolute Gasteiger partial charge is 0.241 e. The van der Waals surface area contributed by atoms with E-state index in [9.17, 15) is 9.59 Å². The SMILES string of the molecule is CN(C)C(=O)CNC(=O)C(C)(C)c1ccc2c(c1)OCCO2. The second kappa shape index (κ2) is 6.25. The largest absolute Gasteiger partial charge is 0.486 e. The number of rotatable bonds is 4. The quantitative estimate of drug-likeness (QED) is 0.899. The third-order valence-electron chi connectivity index (χ3n) is 3.73. The van der Waals surface area contributed by atoms with Crippen LogP contribution in [0.15, 0.2) is 18.2 Å². The zero-order chi connectivity index (χ0) is 16.3. The average Bonchev–Trinajstić information content (AvgIpc) is 2.51. The van der Waals surface area contributed by atoms with Crippen molar-refractivity contribution < 1.29 is 19.1 Å². The molecule has 1 aliphatic rings. The van der Waals surface area contributed by atoms with E-state index in [4.69, 9.17) is 9.47 Å². The lowest BCUT2D eigenvalue weighted by molar-refractivity contribution is -0.132. The number of hydrogen-bond donors (Lipinski definition) is 1. The minimum absolute atomic E-state index is 0.0141. The predicted molar refractivity (Wildman–Crippen MR) is 82.2 cm³/mol. The Morgan fingerprint density at radius 2 is 1.82 bits per heavy atom. The minimum atomic E-state index is -0.775. The van der Waals surface area contributed by atoms with Crippen molar-refractivity contribution in [3.05, 3.63) is 23.8 Å². The summed E-state index contributed by atoms with van der Waals surface area (Å²) in [5.41, 5.74) is 0.0363. The van der Waals surface area contributed by atoms with Gasteiger partial charge < -0.3 is 19.7 Å². The van der Waals surface area contributed by atoms with E-state index in [0.29, 0.717) is 24.7 Å². The van der Waals surface area contributed by atoms with E-state index in [1.54, 1.807) is 14.1 Å². The molecule has 6 heteroatoms. The average molecular weight is 306 g/mol. The molecule has 1 aromatic rings. The molecule has 22 heavy (non-hydrogen) atoms. The van der Waals surface area contributed by atoms with Crippen LogP contribution >= 0.6 is 0 Å². The van der Waals surface area contributed by atoms with E-state index in [1.165, 1.54) is 4.90 Å². The lowest BCUT2D eigenvalue weighted by atomic mass is 9.83. The molecular weight excluding hydrogens is 284 g/mol. The third-order valence-corrected chi connectivity index (χ3v) is 3.73. The van der Waals surface area contributed by atoms with Crippen LogP contribution in [0.4, 0.5) is 0 Å². The fourth-order valence-electron chi connectivity index (χ4n) is 2.10. The van der Waals surface area contributed by atoms with Gasteiger partial charge >= 0.3 is 0 Å². The van der Waals surface area contributed by atoms with Crippen molar-refractivity contribution in [2.75, 3.05) is 33.9 Å². The molecule has 0 saturated carbocycles. The number of ether oxygens (including phenoxy) is 2. The van der Waals surface area contributed by atoms with Gasteiger partial charge in [-0.2, -0.15) is 0 Å². The Labute approximate surface area is 130 Å². The normalized spacial score (nSPS) is 13.5. The maximum Gasteiger partial charge on any atom is 0.241 e. The summed E-state index contributed by atoms with van der Waals surface area (Å²) in [5, 5.41) is 2.68. The molecule has 1 N–H and O–H groups in total. The van der Waals surface area contributed by atoms with Crippen molar-refractivity contribution in [3.8, 4) is 11.5 Å². The van der Waals surface area contributed by atoms with E-state index < -0.39 is 5.41 Å². The molecule has 0 radical (unpaired) electrons. The monoisotopic (exact) mass is 306 g/mol. The van der Waals surface area contributed by atoms with E-state index in [-0.39, 0.29) is 18.4 Å². The summed E-state index contributed by atoms with van der Waals surface area (Å²) in [6, 6.07) is 5.48. The molecule has 0 bridgehead atoms. The van der Waals surface area contributed by atoms with Crippen molar-refractivity contribution in [3.63, 3.8) is 0 Å². The van der Waals surface area contributed by atoms with Crippen molar-refractivity contribution in [1.82, 2.24) is 10.2 Å². The first-order valence-corrected chi connectivity index (χ1v) is 7.21. The lowest BCUT2D eigenvalue weighted by Crippen LogP contribution is -2.44. The Bertz CT molecular complexity index is 582. The first-order valence-electron chi connectivity index (χ1n) is 7.21. The molecule has 120 valence electrons. The van der Waals surface area contributed by atoms with Crippen LogP contribution in [0.1, 0.15) is 19.4 Å². The minimum Gasteiger partial charge on any atom is -0.486 e. The van der Waals surface area contributed by atoms with Crippen LogP contribution in [0.25, 0.3) is 0 Å². The highest BCUT2D eigenvalue weighted by Gasteiger charge is 2.31. The van der Waals surface area contributed by atoms with Crippen molar-refractivity contribution in [1.29, 1.82) is 0 Å². The number of carbonyl (C=O) groups excluding carboxylic acids is 2. The Kier molecular flexibility index (Phi) is 4.59. The number of amides is 2. The van der Waals surface area contributed by atoms with Gasteiger partial charge in [0.1, 0.15) is 13.2 Å². The number of fused-ring (bicyclic) bond motifs is 1. The van der Waals surface area contributed by atoms with Crippen molar-refractivity contribution in [2.45, 2.75) is 19.3 Å². The second-order valence-electron chi connectivity index (χ2n) is 5.95. The molecule has 0 atom stereocenters. The summed E-state index contributed by atoms with van der Waals surface area (Å²) < 4.78 is 11.0. The van der Waals surface area contributed by atoms with Crippen molar-refractivity contribution in [2.24, 2.45) is 0 Å². The summed E-state index contributed by atoms with van der Waals surface area (Å²) >= 11 is 0. The predicted octanol–water partition coefficient (Wildman–Crippen LogP) is 0.940. The Hall–Kier alpha value is -2.24. The molecule has 1 aromatic carbocycles. The van der Waals surface area contributed by atoms with Gasteiger partial charge in [-0.25, -0.2) is 0 Å². The number of nitrogens with one attached hydrogen (secondary N) is 1. The van der Waals surface area contributed by atoms with Gasteiger partial charge in [-0.15, -0.1) is 0 Å². The molecule has 0 fully saturated rings. The fraction of sp³-hybridized carbons (Fsp3) is 0.500. The number of likely N-dealkylation sites (N-methyl/N-ethyl adjacent to an activating group) is 1. The highest BCUT2D eigenvalue weighted by Crippen LogP contribution is 2.35. The van der Waals surface area contributed by atoms with Gasteiger partial charge in [0.25, 0.3) is 0 Å². The van der Waals surface area contributed by atoms with Crippen LogP contribution in [-0.2, 0) is 15.0 Å². The second-order valence-corrected chi connectivity index (χ2v) is 5.95. The lowest BCUT2D eigenvalue weighted by Gasteiger charge is -2.26. The standard InChI is InChI=1S/C16H22N2O4/c1-16(2,15(20)17-10-14(19)18(3)4)11-5-6-12-13(9-11)22-8-7-21-12/h5-6,9H,7-8,10H2,1-4H3,(H,17,20). The van der Waals surface area contributed by atoms with Crippen LogP contribution in [0.2, 0.25) is 0 Å².